The zero-order valence-electron chi connectivity index (χ0n) is 9.58. The van der Waals surface area contributed by atoms with Crippen LogP contribution >= 0.6 is 22.9 Å². The van der Waals surface area contributed by atoms with Crippen LogP contribution in [0.5, 0.6) is 0 Å². The largest absolute Gasteiger partial charge is 0.481 e. The second-order valence-corrected chi connectivity index (χ2v) is 5.21. The summed E-state index contributed by atoms with van der Waals surface area (Å²) >= 11 is 7.29. The molecule has 5 nitrogen and oxygen atoms in total. The molecule has 96 valence electrons. The molecule has 0 saturated heterocycles. The predicted octanol–water partition coefficient (Wildman–Crippen LogP) is 2.74. The summed E-state index contributed by atoms with van der Waals surface area (Å²) in [6.07, 6.45) is -0.154. The molecular weight excluding hydrogens is 286 g/mol. The third-order valence-electron chi connectivity index (χ3n) is 2.67. The molecule has 19 heavy (non-hydrogen) atoms. The van der Waals surface area contributed by atoms with E-state index in [1.54, 1.807) is 16.5 Å². The molecule has 7 heteroatoms. The fourth-order valence-electron chi connectivity index (χ4n) is 1.85. The number of fused-ring (bicyclic) bond motifs is 1. The summed E-state index contributed by atoms with van der Waals surface area (Å²) in [7, 11) is 0. The summed E-state index contributed by atoms with van der Waals surface area (Å²) in [5, 5.41) is 19.4. The number of hydrogen-bond acceptors (Lipinski definition) is 4. The number of carboxylic acids is 1. The van der Waals surface area contributed by atoms with Crippen molar-refractivity contribution in [2.75, 3.05) is 0 Å². The van der Waals surface area contributed by atoms with Crippen LogP contribution in [0.15, 0.2) is 29.6 Å². The molecule has 0 spiro atoms. The van der Waals surface area contributed by atoms with Crippen LogP contribution in [0, 0.1) is 0 Å². The first-order chi connectivity index (χ1) is 9.15. The van der Waals surface area contributed by atoms with Crippen molar-refractivity contribution in [1.29, 1.82) is 0 Å². The van der Waals surface area contributed by atoms with Gasteiger partial charge in [-0.05, 0) is 17.7 Å². The molecule has 0 bridgehead atoms. The predicted molar refractivity (Wildman–Crippen MR) is 72.6 cm³/mol. The standard InChI is InChI=1S/C12H8ClN3O2S/c13-8-3-1-7(2-4-8)9-6-19-12-15-14-10(16(9)12)5-11(17)18/h1-4,6H,5H2,(H,17,18). The maximum atomic E-state index is 10.8. The quantitative estimate of drug-likeness (QED) is 0.806. The van der Waals surface area contributed by atoms with Crippen LogP contribution in [-0.2, 0) is 11.2 Å². The maximum Gasteiger partial charge on any atom is 0.311 e. The van der Waals surface area contributed by atoms with Crippen LogP contribution in [0.2, 0.25) is 5.02 Å². The summed E-state index contributed by atoms with van der Waals surface area (Å²) in [4.78, 5) is 11.5. The minimum atomic E-state index is -0.928. The van der Waals surface area contributed by atoms with Crippen LogP contribution in [0.25, 0.3) is 16.2 Å². The molecule has 0 fully saturated rings. The van der Waals surface area contributed by atoms with Gasteiger partial charge in [0.1, 0.15) is 12.2 Å². The van der Waals surface area contributed by atoms with E-state index in [4.69, 9.17) is 16.7 Å². The van der Waals surface area contributed by atoms with Crippen molar-refractivity contribution in [3.63, 3.8) is 0 Å². The molecular formula is C12H8ClN3O2S. The molecule has 0 atom stereocenters. The lowest BCUT2D eigenvalue weighted by molar-refractivity contribution is -0.136. The summed E-state index contributed by atoms with van der Waals surface area (Å²) in [5.41, 5.74) is 1.82. The lowest BCUT2D eigenvalue weighted by Gasteiger charge is -2.02. The van der Waals surface area contributed by atoms with E-state index in [2.05, 4.69) is 10.2 Å². The number of aliphatic carboxylic acids is 1. The van der Waals surface area contributed by atoms with Crippen molar-refractivity contribution in [2.24, 2.45) is 0 Å². The first kappa shape index (κ1) is 12.1. The summed E-state index contributed by atoms with van der Waals surface area (Å²) < 4.78 is 1.77. The van der Waals surface area contributed by atoms with Crippen LogP contribution in [0.1, 0.15) is 5.82 Å². The number of carboxylic acid groups (broad SMARTS) is 1. The highest BCUT2D eigenvalue weighted by atomic mass is 35.5. The van der Waals surface area contributed by atoms with E-state index in [1.807, 2.05) is 17.5 Å². The van der Waals surface area contributed by atoms with Gasteiger partial charge in [-0.3, -0.25) is 9.20 Å². The smallest absolute Gasteiger partial charge is 0.311 e. The first-order valence-electron chi connectivity index (χ1n) is 5.44. The zero-order valence-corrected chi connectivity index (χ0v) is 11.1. The molecule has 2 aromatic heterocycles. The van der Waals surface area contributed by atoms with Gasteiger partial charge in [0.05, 0.1) is 5.69 Å². The van der Waals surface area contributed by atoms with Crippen LogP contribution in [0.4, 0.5) is 0 Å². The van der Waals surface area contributed by atoms with E-state index >= 15 is 0 Å². The topological polar surface area (TPSA) is 67.5 Å². The molecule has 0 radical (unpaired) electrons. The fraction of sp³-hybridized carbons (Fsp3) is 0.0833. The highest BCUT2D eigenvalue weighted by Gasteiger charge is 2.15. The Hall–Kier alpha value is -1.92. The van der Waals surface area contributed by atoms with Crippen molar-refractivity contribution in [2.45, 2.75) is 6.42 Å². The molecule has 1 aromatic carbocycles. The van der Waals surface area contributed by atoms with Crippen LogP contribution in [-0.4, -0.2) is 25.7 Å². The van der Waals surface area contributed by atoms with Gasteiger partial charge in [-0.1, -0.05) is 23.7 Å². The SMILES string of the molecule is O=C(O)Cc1nnc2scc(-c3ccc(Cl)cc3)n12. The van der Waals surface area contributed by atoms with Gasteiger partial charge in [0.25, 0.3) is 0 Å². The Morgan fingerprint density at radius 2 is 2.05 bits per heavy atom. The van der Waals surface area contributed by atoms with Crippen LogP contribution in [0.3, 0.4) is 0 Å². The van der Waals surface area contributed by atoms with E-state index in [-0.39, 0.29) is 6.42 Å². The highest BCUT2D eigenvalue weighted by Crippen LogP contribution is 2.27. The molecule has 2 heterocycles. The number of nitrogens with zero attached hydrogens (tertiary/aromatic N) is 3. The Morgan fingerprint density at radius 3 is 2.74 bits per heavy atom. The minimum absolute atomic E-state index is 0.154. The average molecular weight is 294 g/mol. The van der Waals surface area contributed by atoms with E-state index < -0.39 is 5.97 Å². The second-order valence-electron chi connectivity index (χ2n) is 3.93. The van der Waals surface area contributed by atoms with E-state index in [0.29, 0.717) is 15.8 Å². The highest BCUT2D eigenvalue weighted by molar-refractivity contribution is 7.15. The Balaban J connectivity index is 2.15. The van der Waals surface area contributed by atoms with Gasteiger partial charge in [-0.2, -0.15) is 0 Å². The number of rotatable bonds is 3. The number of benzene rings is 1. The molecule has 0 saturated carbocycles. The number of carbonyl (C=O) groups is 1. The summed E-state index contributed by atoms with van der Waals surface area (Å²) in [6, 6.07) is 7.35. The first-order valence-corrected chi connectivity index (χ1v) is 6.70. The molecule has 0 unspecified atom stereocenters. The Bertz CT molecular complexity index is 748. The maximum absolute atomic E-state index is 10.8. The van der Waals surface area contributed by atoms with Gasteiger partial charge in [0, 0.05) is 10.4 Å². The van der Waals surface area contributed by atoms with Gasteiger partial charge in [0.2, 0.25) is 4.96 Å². The number of thiazole rings is 1. The molecule has 0 aliphatic heterocycles. The Kier molecular flexibility index (Phi) is 2.96. The van der Waals surface area contributed by atoms with Crippen LogP contribution < -0.4 is 0 Å². The van der Waals surface area contributed by atoms with Gasteiger partial charge < -0.3 is 5.11 Å². The number of hydrogen-bond donors (Lipinski definition) is 1. The molecule has 3 rings (SSSR count). The van der Waals surface area contributed by atoms with Gasteiger partial charge in [0.15, 0.2) is 0 Å². The van der Waals surface area contributed by atoms with E-state index in [1.165, 1.54) is 11.3 Å². The van der Waals surface area contributed by atoms with Gasteiger partial charge >= 0.3 is 5.97 Å². The van der Waals surface area contributed by atoms with Crippen molar-refractivity contribution < 1.29 is 9.90 Å². The van der Waals surface area contributed by atoms with Crippen molar-refractivity contribution in [1.82, 2.24) is 14.6 Å². The van der Waals surface area contributed by atoms with E-state index in [9.17, 15) is 4.79 Å². The second kappa shape index (κ2) is 4.64. The van der Waals surface area contributed by atoms with Crippen molar-refractivity contribution in [3.8, 4) is 11.3 Å². The van der Waals surface area contributed by atoms with Crippen molar-refractivity contribution >= 4 is 33.9 Å². The number of halogens is 1. The fourth-order valence-corrected chi connectivity index (χ4v) is 2.83. The molecule has 0 aliphatic carbocycles. The van der Waals surface area contributed by atoms with Crippen molar-refractivity contribution in [3.05, 3.63) is 40.5 Å². The van der Waals surface area contributed by atoms with E-state index in [0.717, 1.165) is 11.3 Å². The number of aromatic nitrogens is 3. The monoisotopic (exact) mass is 293 g/mol. The van der Waals surface area contributed by atoms with Gasteiger partial charge in [-0.25, -0.2) is 0 Å². The average Bonchev–Trinajstić information content (AvgIpc) is 2.93. The lowest BCUT2D eigenvalue weighted by atomic mass is 10.2. The normalized spacial score (nSPS) is 11.0. The molecule has 0 amide bonds. The Morgan fingerprint density at radius 1 is 1.32 bits per heavy atom. The molecule has 0 aliphatic rings. The Labute approximate surface area is 117 Å². The summed E-state index contributed by atoms with van der Waals surface area (Å²) in [6.45, 7) is 0. The third-order valence-corrected chi connectivity index (χ3v) is 3.73. The lowest BCUT2D eigenvalue weighted by Crippen LogP contribution is -2.05. The van der Waals surface area contributed by atoms with Gasteiger partial charge in [-0.15, -0.1) is 21.5 Å². The third kappa shape index (κ3) is 2.20. The minimum Gasteiger partial charge on any atom is -0.481 e. The molecule has 1 N–H and O–H groups in total. The molecule has 3 aromatic rings. The zero-order chi connectivity index (χ0) is 13.4. The summed E-state index contributed by atoms with van der Waals surface area (Å²) in [5.74, 6) is -0.503.